The van der Waals surface area contributed by atoms with Crippen molar-refractivity contribution in [2.24, 2.45) is 11.8 Å². The Hall–Kier alpha value is -0.960. The number of halogens is 2. The quantitative estimate of drug-likeness (QED) is 0.786. The van der Waals surface area contributed by atoms with Crippen LogP contribution in [-0.2, 0) is 6.54 Å². The summed E-state index contributed by atoms with van der Waals surface area (Å²) in [6.07, 6.45) is 6.47. The van der Waals surface area contributed by atoms with Gasteiger partial charge in [0.1, 0.15) is 11.6 Å². The molecule has 1 fully saturated rings. The standard InChI is InChI=1S/C16H23F2N/c1-12-3-2-4-13(9-12)7-8-19-11-14-10-15(17)5-6-16(14)18/h5-6,10,12-13,19H,2-4,7-9,11H2,1H3. The predicted molar refractivity (Wildman–Crippen MR) is 73.8 cm³/mol. The van der Waals surface area contributed by atoms with Crippen LogP contribution in [0.15, 0.2) is 18.2 Å². The maximum Gasteiger partial charge on any atom is 0.127 e. The third-order valence-corrected chi connectivity index (χ3v) is 4.10. The van der Waals surface area contributed by atoms with E-state index in [-0.39, 0.29) is 11.6 Å². The van der Waals surface area contributed by atoms with Crippen LogP contribution in [0.4, 0.5) is 8.78 Å². The normalized spacial score (nSPS) is 23.5. The summed E-state index contributed by atoms with van der Waals surface area (Å²) in [6, 6.07) is 3.61. The summed E-state index contributed by atoms with van der Waals surface area (Å²) in [4.78, 5) is 0. The Kier molecular flexibility index (Phi) is 5.32. The van der Waals surface area contributed by atoms with Crippen molar-refractivity contribution in [2.75, 3.05) is 6.54 Å². The van der Waals surface area contributed by atoms with Crippen LogP contribution >= 0.6 is 0 Å². The lowest BCUT2D eigenvalue weighted by molar-refractivity contribution is 0.267. The van der Waals surface area contributed by atoms with Crippen LogP contribution in [0.25, 0.3) is 0 Å². The van der Waals surface area contributed by atoms with Crippen molar-refractivity contribution < 1.29 is 8.78 Å². The predicted octanol–water partition coefficient (Wildman–Crippen LogP) is 4.27. The third-order valence-electron chi connectivity index (χ3n) is 4.10. The molecule has 1 saturated carbocycles. The van der Waals surface area contributed by atoms with E-state index in [1.807, 2.05) is 0 Å². The molecule has 0 aliphatic heterocycles. The molecule has 3 heteroatoms. The monoisotopic (exact) mass is 267 g/mol. The van der Waals surface area contributed by atoms with Crippen LogP contribution in [0.1, 0.15) is 44.6 Å². The van der Waals surface area contributed by atoms with Gasteiger partial charge in [0, 0.05) is 12.1 Å². The molecule has 0 aromatic heterocycles. The first-order valence-electron chi connectivity index (χ1n) is 7.30. The Morgan fingerprint density at radius 3 is 2.89 bits per heavy atom. The van der Waals surface area contributed by atoms with Gasteiger partial charge in [0.15, 0.2) is 0 Å². The van der Waals surface area contributed by atoms with Crippen molar-refractivity contribution in [3.8, 4) is 0 Å². The molecule has 1 aromatic rings. The molecule has 2 rings (SSSR count). The molecule has 1 aliphatic carbocycles. The second-order valence-corrected chi connectivity index (χ2v) is 5.84. The van der Waals surface area contributed by atoms with E-state index >= 15 is 0 Å². The van der Waals surface area contributed by atoms with Gasteiger partial charge in [-0.3, -0.25) is 0 Å². The van der Waals surface area contributed by atoms with Crippen LogP contribution in [0.2, 0.25) is 0 Å². The molecule has 1 nitrogen and oxygen atoms in total. The number of hydrogen-bond donors (Lipinski definition) is 1. The fourth-order valence-corrected chi connectivity index (χ4v) is 3.03. The molecule has 19 heavy (non-hydrogen) atoms. The van der Waals surface area contributed by atoms with Gasteiger partial charge in [0.25, 0.3) is 0 Å². The highest BCUT2D eigenvalue weighted by atomic mass is 19.1. The number of nitrogens with one attached hydrogen (secondary N) is 1. The lowest BCUT2D eigenvalue weighted by Crippen LogP contribution is -2.21. The summed E-state index contributed by atoms with van der Waals surface area (Å²) in [5.74, 6) is 0.938. The molecule has 0 spiro atoms. The van der Waals surface area contributed by atoms with Gasteiger partial charge >= 0.3 is 0 Å². The zero-order chi connectivity index (χ0) is 13.7. The molecule has 0 heterocycles. The first-order valence-corrected chi connectivity index (χ1v) is 7.30. The topological polar surface area (TPSA) is 12.0 Å². The molecule has 0 bridgehead atoms. The fourth-order valence-electron chi connectivity index (χ4n) is 3.03. The molecule has 0 saturated heterocycles. The highest BCUT2D eigenvalue weighted by Gasteiger charge is 2.18. The minimum Gasteiger partial charge on any atom is -0.313 e. The molecular formula is C16H23F2N. The Balaban J connectivity index is 1.70. The fraction of sp³-hybridized carbons (Fsp3) is 0.625. The van der Waals surface area contributed by atoms with E-state index in [4.69, 9.17) is 0 Å². The largest absolute Gasteiger partial charge is 0.313 e. The van der Waals surface area contributed by atoms with Gasteiger partial charge in [0.2, 0.25) is 0 Å². The van der Waals surface area contributed by atoms with E-state index < -0.39 is 0 Å². The summed E-state index contributed by atoms with van der Waals surface area (Å²) in [5.41, 5.74) is 0.414. The SMILES string of the molecule is CC1CCCC(CCNCc2cc(F)ccc2F)C1. The third kappa shape index (κ3) is 4.57. The van der Waals surface area contributed by atoms with E-state index in [1.54, 1.807) is 0 Å². The van der Waals surface area contributed by atoms with Gasteiger partial charge in [-0.15, -0.1) is 0 Å². The summed E-state index contributed by atoms with van der Waals surface area (Å²) in [5, 5.41) is 3.23. The van der Waals surface area contributed by atoms with E-state index in [1.165, 1.54) is 37.8 Å². The molecule has 1 N–H and O–H groups in total. The molecule has 2 atom stereocenters. The second kappa shape index (κ2) is 6.99. The van der Waals surface area contributed by atoms with E-state index in [2.05, 4.69) is 12.2 Å². The summed E-state index contributed by atoms with van der Waals surface area (Å²) in [6.45, 7) is 3.61. The van der Waals surface area contributed by atoms with Crippen LogP contribution < -0.4 is 5.32 Å². The van der Waals surface area contributed by atoms with Gasteiger partial charge in [-0.25, -0.2) is 8.78 Å². The second-order valence-electron chi connectivity index (χ2n) is 5.84. The lowest BCUT2D eigenvalue weighted by Gasteiger charge is -2.26. The van der Waals surface area contributed by atoms with Crippen LogP contribution in [-0.4, -0.2) is 6.54 Å². The number of rotatable bonds is 5. The highest BCUT2D eigenvalue weighted by Crippen LogP contribution is 2.30. The van der Waals surface area contributed by atoms with Crippen molar-refractivity contribution in [1.29, 1.82) is 0 Å². The summed E-state index contributed by atoms with van der Waals surface area (Å²) >= 11 is 0. The van der Waals surface area contributed by atoms with Crippen LogP contribution in [0.5, 0.6) is 0 Å². The highest BCUT2D eigenvalue weighted by molar-refractivity contribution is 5.18. The smallest absolute Gasteiger partial charge is 0.127 e. The molecule has 1 aromatic carbocycles. The molecular weight excluding hydrogens is 244 g/mol. The lowest BCUT2D eigenvalue weighted by atomic mass is 9.81. The van der Waals surface area contributed by atoms with E-state index in [0.717, 1.165) is 30.9 Å². The van der Waals surface area contributed by atoms with Crippen molar-refractivity contribution in [3.05, 3.63) is 35.4 Å². The Morgan fingerprint density at radius 2 is 2.11 bits per heavy atom. The van der Waals surface area contributed by atoms with Crippen molar-refractivity contribution in [3.63, 3.8) is 0 Å². The van der Waals surface area contributed by atoms with Crippen LogP contribution in [0.3, 0.4) is 0 Å². The maximum absolute atomic E-state index is 13.4. The van der Waals surface area contributed by atoms with E-state index in [0.29, 0.717) is 12.1 Å². The summed E-state index contributed by atoms with van der Waals surface area (Å²) < 4.78 is 26.4. The van der Waals surface area contributed by atoms with Gasteiger partial charge in [-0.2, -0.15) is 0 Å². The first-order chi connectivity index (χ1) is 9.15. The molecule has 0 amide bonds. The minimum absolute atomic E-state index is 0.333. The van der Waals surface area contributed by atoms with Crippen molar-refractivity contribution in [2.45, 2.75) is 45.6 Å². The van der Waals surface area contributed by atoms with Crippen molar-refractivity contribution >= 4 is 0 Å². The minimum atomic E-state index is -0.376. The zero-order valence-electron chi connectivity index (χ0n) is 11.6. The van der Waals surface area contributed by atoms with Gasteiger partial charge in [-0.05, 0) is 49.4 Å². The average molecular weight is 267 g/mol. The molecule has 0 radical (unpaired) electrons. The zero-order valence-corrected chi connectivity index (χ0v) is 11.6. The van der Waals surface area contributed by atoms with Gasteiger partial charge < -0.3 is 5.32 Å². The Bertz CT molecular complexity index is 406. The number of benzene rings is 1. The molecule has 2 unspecified atom stereocenters. The Morgan fingerprint density at radius 1 is 1.26 bits per heavy atom. The van der Waals surface area contributed by atoms with E-state index in [9.17, 15) is 8.78 Å². The maximum atomic E-state index is 13.4. The Labute approximate surface area is 114 Å². The molecule has 106 valence electrons. The van der Waals surface area contributed by atoms with Gasteiger partial charge in [0.05, 0.1) is 0 Å². The summed E-state index contributed by atoms with van der Waals surface area (Å²) in [7, 11) is 0. The first kappa shape index (κ1) is 14.4. The van der Waals surface area contributed by atoms with Gasteiger partial charge in [-0.1, -0.05) is 26.2 Å². The number of hydrogen-bond acceptors (Lipinski definition) is 1. The average Bonchev–Trinajstić information content (AvgIpc) is 2.39. The van der Waals surface area contributed by atoms with Crippen LogP contribution in [0, 0.1) is 23.5 Å². The van der Waals surface area contributed by atoms with Crippen molar-refractivity contribution in [1.82, 2.24) is 5.32 Å². The molecule has 1 aliphatic rings.